The van der Waals surface area contributed by atoms with Gasteiger partial charge >= 0.3 is 0 Å². The summed E-state index contributed by atoms with van der Waals surface area (Å²) >= 11 is 1.41. The van der Waals surface area contributed by atoms with Gasteiger partial charge < -0.3 is 9.80 Å². The van der Waals surface area contributed by atoms with Gasteiger partial charge in [0, 0.05) is 51.7 Å². The smallest absolute Gasteiger partial charge is 0.264 e. The minimum absolute atomic E-state index is 0.0425. The van der Waals surface area contributed by atoms with Gasteiger partial charge in [0.1, 0.15) is 10.7 Å². The molecule has 2 fully saturated rings. The first-order valence-electron chi connectivity index (χ1n) is 11.8. The molecule has 0 aromatic carbocycles. The molecule has 1 amide bonds. The predicted molar refractivity (Wildman–Crippen MR) is 124 cm³/mol. The average molecular weight is 444 g/mol. The highest BCUT2D eigenvalue weighted by molar-refractivity contribution is 7.20. The Balaban J connectivity index is 1.35. The third-order valence-corrected chi connectivity index (χ3v) is 8.50. The highest BCUT2D eigenvalue weighted by atomic mass is 32.1. The molecule has 0 N–H and O–H groups in total. The molecule has 0 aliphatic carbocycles. The largest absolute Gasteiger partial charge is 0.335 e. The number of hydrogen-bond donors (Lipinski definition) is 0. The first kappa shape index (κ1) is 21.1. The summed E-state index contributed by atoms with van der Waals surface area (Å²) in [5.74, 6) is 0.960. The normalized spacial score (nSPS) is 23.7. The SMILES string of the molecule is Cc1c(C(=O)N2CCN(C3CCCN(C)C3)CC2)sc2nc3n(c(=O)c12)CCCCC3. The molecule has 1 unspecified atom stereocenters. The van der Waals surface area contributed by atoms with Crippen LogP contribution in [0.25, 0.3) is 10.2 Å². The van der Waals surface area contributed by atoms with Gasteiger partial charge in [-0.05, 0) is 51.8 Å². The summed E-state index contributed by atoms with van der Waals surface area (Å²) in [5, 5.41) is 0.655. The van der Waals surface area contributed by atoms with Crippen molar-refractivity contribution in [2.24, 2.45) is 0 Å². The van der Waals surface area contributed by atoms with Crippen LogP contribution >= 0.6 is 11.3 Å². The Hall–Kier alpha value is -1.77. The fourth-order valence-electron chi connectivity index (χ4n) is 5.48. The second-order valence-corrected chi connectivity index (χ2v) is 10.4. The lowest BCUT2D eigenvalue weighted by Crippen LogP contribution is -2.55. The zero-order chi connectivity index (χ0) is 21.5. The van der Waals surface area contributed by atoms with Gasteiger partial charge in [0.25, 0.3) is 11.5 Å². The average Bonchev–Trinajstić information content (AvgIpc) is 2.94. The van der Waals surface area contributed by atoms with Crippen molar-refractivity contribution in [3.63, 3.8) is 0 Å². The second-order valence-electron chi connectivity index (χ2n) is 9.42. The van der Waals surface area contributed by atoms with E-state index in [0.717, 1.165) is 81.2 Å². The van der Waals surface area contributed by atoms with E-state index in [1.54, 1.807) is 0 Å². The highest BCUT2D eigenvalue weighted by Gasteiger charge is 2.31. The molecule has 168 valence electrons. The van der Waals surface area contributed by atoms with E-state index in [1.807, 2.05) is 16.4 Å². The summed E-state index contributed by atoms with van der Waals surface area (Å²) in [4.78, 5) is 39.8. The van der Waals surface area contributed by atoms with Crippen molar-refractivity contribution in [1.82, 2.24) is 24.3 Å². The molecule has 3 aliphatic heterocycles. The number of piperazine rings is 1. The van der Waals surface area contributed by atoms with Crippen LogP contribution in [0.1, 0.15) is 53.2 Å². The molecule has 2 saturated heterocycles. The van der Waals surface area contributed by atoms with E-state index >= 15 is 0 Å². The van der Waals surface area contributed by atoms with Gasteiger partial charge in [0.15, 0.2) is 0 Å². The van der Waals surface area contributed by atoms with Gasteiger partial charge in [0.05, 0.1) is 10.3 Å². The lowest BCUT2D eigenvalue weighted by Gasteiger charge is -2.42. The van der Waals surface area contributed by atoms with E-state index in [4.69, 9.17) is 4.98 Å². The summed E-state index contributed by atoms with van der Waals surface area (Å²) in [6.07, 6.45) is 6.61. The summed E-state index contributed by atoms with van der Waals surface area (Å²) in [6.45, 7) is 8.38. The number of carbonyl (C=O) groups excluding carboxylic acids is 1. The molecule has 0 spiro atoms. The lowest BCUT2D eigenvalue weighted by atomic mass is 10.0. The Kier molecular flexibility index (Phi) is 5.88. The van der Waals surface area contributed by atoms with Crippen LogP contribution in [-0.2, 0) is 13.0 Å². The van der Waals surface area contributed by atoms with Gasteiger partial charge in [-0.15, -0.1) is 11.3 Å². The number of likely N-dealkylation sites (tertiary alicyclic amines) is 1. The molecule has 1 atom stereocenters. The van der Waals surface area contributed by atoms with Crippen LogP contribution in [0.2, 0.25) is 0 Å². The van der Waals surface area contributed by atoms with E-state index in [1.165, 1.54) is 30.7 Å². The standard InChI is InChI=1S/C23H33N5O2S/c1-16-19-21(24-18-8-4-3-5-10-28(18)22(19)29)31-20(16)23(30)27-13-11-26(12-14-27)17-7-6-9-25(2)15-17/h17H,3-15H2,1-2H3. The molecule has 0 bridgehead atoms. The number of aryl methyl sites for hydroxylation is 2. The minimum Gasteiger partial charge on any atom is -0.335 e. The summed E-state index contributed by atoms with van der Waals surface area (Å²) in [5.41, 5.74) is 0.860. The van der Waals surface area contributed by atoms with Gasteiger partial charge in [0.2, 0.25) is 0 Å². The van der Waals surface area contributed by atoms with Gasteiger partial charge in [-0.2, -0.15) is 0 Å². The fourth-order valence-corrected chi connectivity index (χ4v) is 6.64. The number of rotatable bonds is 2. The number of thiophene rings is 1. The van der Waals surface area contributed by atoms with E-state index in [-0.39, 0.29) is 11.5 Å². The van der Waals surface area contributed by atoms with Crippen LogP contribution in [0.5, 0.6) is 0 Å². The van der Waals surface area contributed by atoms with E-state index in [9.17, 15) is 9.59 Å². The number of piperidine rings is 1. The Labute approximate surface area is 187 Å². The van der Waals surface area contributed by atoms with Crippen molar-refractivity contribution < 1.29 is 4.79 Å². The van der Waals surface area contributed by atoms with Crippen LogP contribution in [0.15, 0.2) is 4.79 Å². The maximum Gasteiger partial charge on any atom is 0.264 e. The van der Waals surface area contributed by atoms with Gasteiger partial charge in [-0.25, -0.2) is 4.98 Å². The van der Waals surface area contributed by atoms with Crippen molar-refractivity contribution in [2.75, 3.05) is 46.3 Å². The molecule has 5 rings (SSSR count). The monoisotopic (exact) mass is 443 g/mol. The molecular formula is C23H33N5O2S. The van der Waals surface area contributed by atoms with Crippen molar-refractivity contribution in [1.29, 1.82) is 0 Å². The molecule has 8 heteroatoms. The summed E-state index contributed by atoms with van der Waals surface area (Å²) in [7, 11) is 2.20. The summed E-state index contributed by atoms with van der Waals surface area (Å²) < 4.78 is 1.85. The number of fused-ring (bicyclic) bond motifs is 2. The third-order valence-electron chi connectivity index (χ3n) is 7.32. The van der Waals surface area contributed by atoms with Crippen molar-refractivity contribution in [3.8, 4) is 0 Å². The van der Waals surface area contributed by atoms with Crippen LogP contribution in [0, 0.1) is 6.92 Å². The number of likely N-dealkylation sites (N-methyl/N-ethyl adjacent to an activating group) is 1. The quantitative estimate of drug-likeness (QED) is 0.713. The molecule has 3 aliphatic rings. The topological polar surface area (TPSA) is 61.7 Å². The lowest BCUT2D eigenvalue weighted by molar-refractivity contribution is 0.0455. The fraction of sp³-hybridized carbons (Fsp3) is 0.696. The van der Waals surface area contributed by atoms with E-state index in [2.05, 4.69) is 16.8 Å². The predicted octanol–water partition coefficient (Wildman–Crippen LogP) is 2.34. The number of amides is 1. The zero-order valence-electron chi connectivity index (χ0n) is 18.7. The molecule has 7 nitrogen and oxygen atoms in total. The molecule has 2 aromatic rings. The maximum absolute atomic E-state index is 13.4. The van der Waals surface area contributed by atoms with Crippen molar-refractivity contribution in [2.45, 2.75) is 58.0 Å². The van der Waals surface area contributed by atoms with Crippen LogP contribution in [0.4, 0.5) is 0 Å². The van der Waals surface area contributed by atoms with Crippen LogP contribution < -0.4 is 5.56 Å². The zero-order valence-corrected chi connectivity index (χ0v) is 19.5. The first-order chi connectivity index (χ1) is 15.0. The Bertz CT molecular complexity index is 1040. The maximum atomic E-state index is 13.4. The van der Waals surface area contributed by atoms with Gasteiger partial charge in [-0.3, -0.25) is 19.1 Å². The highest BCUT2D eigenvalue weighted by Crippen LogP contribution is 2.30. The molecular weight excluding hydrogens is 410 g/mol. The molecule has 2 aromatic heterocycles. The van der Waals surface area contributed by atoms with Crippen molar-refractivity contribution in [3.05, 3.63) is 26.6 Å². The second kappa shape index (κ2) is 8.64. The Morgan fingerprint density at radius 3 is 2.61 bits per heavy atom. The van der Waals surface area contributed by atoms with Crippen molar-refractivity contribution >= 4 is 27.5 Å². The van der Waals surface area contributed by atoms with E-state index in [0.29, 0.717) is 16.3 Å². The molecule has 5 heterocycles. The number of hydrogen-bond acceptors (Lipinski definition) is 6. The van der Waals surface area contributed by atoms with Crippen LogP contribution in [0.3, 0.4) is 0 Å². The Morgan fingerprint density at radius 2 is 1.84 bits per heavy atom. The summed E-state index contributed by atoms with van der Waals surface area (Å²) in [6, 6.07) is 0.613. The molecule has 0 radical (unpaired) electrons. The first-order valence-corrected chi connectivity index (χ1v) is 12.6. The molecule has 0 saturated carbocycles. The van der Waals surface area contributed by atoms with Gasteiger partial charge in [-0.1, -0.05) is 6.42 Å². The number of carbonyl (C=O) groups is 1. The van der Waals surface area contributed by atoms with Crippen LogP contribution in [-0.4, -0.2) is 82.5 Å². The molecule has 31 heavy (non-hydrogen) atoms. The number of nitrogens with zero attached hydrogens (tertiary/aromatic N) is 5. The number of aromatic nitrogens is 2. The van der Waals surface area contributed by atoms with E-state index < -0.39 is 0 Å². The Morgan fingerprint density at radius 1 is 1.03 bits per heavy atom. The third kappa shape index (κ3) is 3.94. The minimum atomic E-state index is 0.0425.